The average molecular weight is 973 g/mol. The molecule has 394 valence electrons. The smallest absolute Gasteiger partial charge is 0.0718 e. The summed E-state index contributed by atoms with van der Waals surface area (Å²) in [5.41, 5.74) is 9.21. The molecule has 0 aliphatic rings. The number of methoxy groups -OCH3 is 2. The molecule has 0 atom stereocenters. The van der Waals surface area contributed by atoms with E-state index in [9.17, 15) is 0 Å². The Labute approximate surface area is 426 Å². The average Bonchev–Trinajstić information content (AvgIpc) is 3.38. The number of unbranched alkanes of at least 4 members (excludes halogenated alkanes) is 18. The molecule has 10 nitrogen and oxygen atoms in total. The molecule has 0 aliphatic carbocycles. The van der Waals surface area contributed by atoms with Crippen molar-refractivity contribution in [2.45, 2.75) is 168 Å². The highest BCUT2D eigenvalue weighted by Crippen LogP contribution is 2.24. The van der Waals surface area contributed by atoms with Gasteiger partial charge in [-0.2, -0.15) is 0 Å². The summed E-state index contributed by atoms with van der Waals surface area (Å²) in [6, 6.07) is 21.6. The van der Waals surface area contributed by atoms with E-state index in [0.29, 0.717) is 92.5 Å². The zero-order chi connectivity index (χ0) is 49.6. The van der Waals surface area contributed by atoms with Crippen LogP contribution in [-0.4, -0.2) is 106 Å². The van der Waals surface area contributed by atoms with Crippen molar-refractivity contribution in [1.29, 1.82) is 0 Å². The minimum absolute atomic E-state index is 0.531. The van der Waals surface area contributed by atoms with E-state index in [1.54, 1.807) is 14.2 Å². The summed E-state index contributed by atoms with van der Waals surface area (Å²) in [5, 5.41) is 0. The molecule has 0 aromatic heterocycles. The third-order valence-electron chi connectivity index (χ3n) is 12.5. The van der Waals surface area contributed by atoms with Crippen LogP contribution in [0.2, 0.25) is 0 Å². The Morgan fingerprint density at radius 1 is 0.343 bits per heavy atom. The normalized spacial score (nSPS) is 11.8. The quantitative estimate of drug-likeness (QED) is 0.0408. The van der Waals surface area contributed by atoms with Crippen molar-refractivity contribution >= 4 is 23.8 Å². The highest BCUT2D eigenvalue weighted by Gasteiger charge is 2.10. The number of hydrogen-bond acceptors (Lipinski definition) is 10. The maximum Gasteiger partial charge on any atom is 0.0718 e. The number of aryl methyl sites for hydroxylation is 2. The molecule has 0 saturated heterocycles. The van der Waals surface area contributed by atoms with Crippen molar-refractivity contribution in [3.8, 4) is 0 Å². The molecule has 3 aromatic rings. The second-order valence-corrected chi connectivity index (χ2v) is 18.5. The van der Waals surface area contributed by atoms with Crippen molar-refractivity contribution in [2.75, 3.05) is 93.5 Å². The van der Waals surface area contributed by atoms with E-state index in [1.165, 1.54) is 151 Å². The van der Waals surface area contributed by atoms with Gasteiger partial charge in [-0.15, -0.1) is 0 Å². The third kappa shape index (κ3) is 31.9. The van der Waals surface area contributed by atoms with Crippen LogP contribution in [0, 0.1) is 0 Å². The van der Waals surface area contributed by atoms with Gasteiger partial charge in [0.15, 0.2) is 0 Å². The molecule has 70 heavy (non-hydrogen) atoms. The number of aliphatic imine (C=N–C) groups is 2. The van der Waals surface area contributed by atoms with Gasteiger partial charge < -0.3 is 37.9 Å². The SMILES string of the molecule is CCCCCCCCCCCCc1cc(CCCCCCCCCCCC)c(C=Nc2ccc(COCCOCCOCCOC)cc2)cc1C=Nc1ccc(COCCOCCOCCOC)cc1. The van der Waals surface area contributed by atoms with E-state index in [1.807, 2.05) is 0 Å². The van der Waals surface area contributed by atoms with Crippen molar-refractivity contribution in [1.82, 2.24) is 0 Å². The fourth-order valence-corrected chi connectivity index (χ4v) is 8.20. The summed E-state index contributed by atoms with van der Waals surface area (Å²) in [6.45, 7) is 12.4. The van der Waals surface area contributed by atoms with Crippen molar-refractivity contribution < 1.29 is 37.9 Å². The zero-order valence-electron chi connectivity index (χ0n) is 44.5. The maximum absolute atomic E-state index is 5.88. The Morgan fingerprint density at radius 2 is 0.643 bits per heavy atom. The van der Waals surface area contributed by atoms with Crippen LogP contribution in [0.15, 0.2) is 70.6 Å². The number of rotatable bonds is 48. The molecule has 3 rings (SSSR count). The van der Waals surface area contributed by atoms with E-state index >= 15 is 0 Å². The monoisotopic (exact) mass is 973 g/mol. The third-order valence-corrected chi connectivity index (χ3v) is 12.5. The van der Waals surface area contributed by atoms with Crippen molar-refractivity contribution in [2.24, 2.45) is 9.98 Å². The largest absolute Gasteiger partial charge is 0.382 e. The lowest BCUT2D eigenvalue weighted by Gasteiger charge is -2.14. The molecule has 10 heteroatoms. The molecule has 3 aromatic carbocycles. The van der Waals surface area contributed by atoms with E-state index in [4.69, 9.17) is 47.9 Å². The summed E-state index contributed by atoms with van der Waals surface area (Å²) < 4.78 is 43.9. The first-order chi connectivity index (χ1) is 34.7. The van der Waals surface area contributed by atoms with Gasteiger partial charge in [0.1, 0.15) is 0 Å². The Kier molecular flexibility index (Phi) is 38.7. The predicted molar refractivity (Wildman–Crippen MR) is 291 cm³/mol. The van der Waals surface area contributed by atoms with Crippen LogP contribution in [-0.2, 0) is 64.0 Å². The first kappa shape index (κ1) is 61.0. The van der Waals surface area contributed by atoms with Gasteiger partial charge in [-0.3, -0.25) is 9.98 Å². The Bertz CT molecular complexity index is 1580. The topological polar surface area (TPSA) is 98.6 Å². The zero-order valence-corrected chi connectivity index (χ0v) is 44.5. The molecule has 0 amide bonds. The highest BCUT2D eigenvalue weighted by atomic mass is 16.6. The van der Waals surface area contributed by atoms with Gasteiger partial charge >= 0.3 is 0 Å². The van der Waals surface area contributed by atoms with E-state index in [-0.39, 0.29) is 0 Å². The van der Waals surface area contributed by atoms with E-state index in [2.05, 4.69) is 86.9 Å². The summed E-state index contributed by atoms with van der Waals surface area (Å²) >= 11 is 0. The Hall–Kier alpha value is -3.32. The second kappa shape index (κ2) is 44.4. The van der Waals surface area contributed by atoms with Gasteiger partial charge in [-0.1, -0.05) is 160 Å². The highest BCUT2D eigenvalue weighted by molar-refractivity contribution is 5.90. The lowest BCUT2D eigenvalue weighted by atomic mass is 9.92. The van der Waals surface area contributed by atoms with Crippen LogP contribution >= 0.6 is 0 Å². The lowest BCUT2D eigenvalue weighted by Crippen LogP contribution is -2.11. The summed E-state index contributed by atoms with van der Waals surface area (Å²) in [5.74, 6) is 0. The second-order valence-electron chi connectivity index (χ2n) is 18.5. The Balaban J connectivity index is 1.70. The predicted octanol–water partition coefficient (Wildman–Crippen LogP) is 14.5. The van der Waals surface area contributed by atoms with Gasteiger partial charge in [0.25, 0.3) is 0 Å². The van der Waals surface area contributed by atoms with Crippen molar-refractivity contribution in [3.05, 3.63) is 94.0 Å². The minimum atomic E-state index is 0.531. The molecule has 0 radical (unpaired) electrons. The maximum atomic E-state index is 5.88. The Morgan fingerprint density at radius 3 is 0.971 bits per heavy atom. The van der Waals surface area contributed by atoms with Gasteiger partial charge in [-0.05, 0) is 89.4 Å². The first-order valence-electron chi connectivity index (χ1n) is 27.5. The molecular formula is C60H96N2O8. The van der Waals surface area contributed by atoms with Gasteiger partial charge in [0.2, 0.25) is 0 Å². The summed E-state index contributed by atoms with van der Waals surface area (Å²) in [6.07, 6.45) is 32.9. The lowest BCUT2D eigenvalue weighted by molar-refractivity contribution is 0.000869. The molecule has 0 aliphatic heterocycles. The molecule has 0 unspecified atom stereocenters. The van der Waals surface area contributed by atoms with Crippen LogP contribution in [0.1, 0.15) is 176 Å². The summed E-state index contributed by atoms with van der Waals surface area (Å²) in [4.78, 5) is 10.1. The van der Waals surface area contributed by atoms with Crippen LogP contribution in [0.5, 0.6) is 0 Å². The van der Waals surface area contributed by atoms with Crippen LogP contribution in [0.25, 0.3) is 0 Å². The van der Waals surface area contributed by atoms with Gasteiger partial charge in [0.05, 0.1) is 104 Å². The molecule has 0 fully saturated rings. The van der Waals surface area contributed by atoms with Crippen LogP contribution < -0.4 is 0 Å². The number of benzene rings is 3. The fourth-order valence-electron chi connectivity index (χ4n) is 8.20. The molecule has 0 saturated carbocycles. The van der Waals surface area contributed by atoms with Crippen LogP contribution in [0.4, 0.5) is 11.4 Å². The van der Waals surface area contributed by atoms with Gasteiger partial charge in [0, 0.05) is 26.6 Å². The van der Waals surface area contributed by atoms with E-state index < -0.39 is 0 Å². The fraction of sp³-hybridized carbons (Fsp3) is 0.667. The molecule has 0 bridgehead atoms. The number of ether oxygens (including phenoxy) is 8. The van der Waals surface area contributed by atoms with Crippen LogP contribution in [0.3, 0.4) is 0 Å². The number of nitrogens with zero attached hydrogens (tertiary/aromatic N) is 2. The first-order valence-corrected chi connectivity index (χ1v) is 27.5. The van der Waals surface area contributed by atoms with Crippen molar-refractivity contribution in [3.63, 3.8) is 0 Å². The molecule has 0 spiro atoms. The standard InChI is InChI=1S/C60H96N2O8/c1-5-7-9-11-13-15-17-19-21-23-25-55-47-56(26-24-22-20-18-16-14-12-10-8-6-2)58(50-62-60-33-29-54(30-34-60)52-70-46-44-68-42-40-66-38-36-64-4)48-57(55)49-61-59-31-27-53(28-32-59)51-69-45-43-67-41-39-65-37-35-63-3/h27-34,47-50H,5-26,35-46,51-52H2,1-4H3. The number of hydrogen-bond donors (Lipinski definition) is 0. The minimum Gasteiger partial charge on any atom is -0.382 e. The summed E-state index contributed by atoms with van der Waals surface area (Å²) in [7, 11) is 3.34. The van der Waals surface area contributed by atoms with E-state index in [0.717, 1.165) is 35.3 Å². The van der Waals surface area contributed by atoms with Gasteiger partial charge in [-0.25, -0.2) is 0 Å². The molecule has 0 N–H and O–H groups in total. The molecular weight excluding hydrogens is 877 g/mol. The molecule has 0 heterocycles.